The number of hydrogen-bond acceptors (Lipinski definition) is 3. The van der Waals surface area contributed by atoms with E-state index in [9.17, 15) is 4.79 Å². The predicted octanol–water partition coefficient (Wildman–Crippen LogP) is 0.0979. The van der Waals surface area contributed by atoms with Crippen molar-refractivity contribution in [1.82, 2.24) is 5.32 Å². The molecule has 13 heavy (non-hydrogen) atoms. The van der Waals surface area contributed by atoms with Gasteiger partial charge in [0, 0.05) is 20.3 Å². The van der Waals surface area contributed by atoms with Gasteiger partial charge >= 0.3 is 6.03 Å². The summed E-state index contributed by atoms with van der Waals surface area (Å²) in [6.45, 7) is 2.56. The molecule has 0 aromatic rings. The van der Waals surface area contributed by atoms with E-state index in [0.29, 0.717) is 26.4 Å². The molecule has 0 heterocycles. The zero-order chi connectivity index (χ0) is 9.94. The van der Waals surface area contributed by atoms with E-state index >= 15 is 0 Å². The Morgan fingerprint density at radius 2 is 2.08 bits per heavy atom. The van der Waals surface area contributed by atoms with Crippen molar-refractivity contribution in [1.29, 1.82) is 0 Å². The second-order valence-corrected chi connectivity index (χ2v) is 2.60. The van der Waals surface area contributed by atoms with Crippen LogP contribution in [0.2, 0.25) is 0 Å². The number of primary amides is 1. The lowest BCUT2D eigenvalue weighted by Gasteiger charge is -2.03. The van der Waals surface area contributed by atoms with E-state index in [2.05, 4.69) is 5.32 Å². The highest BCUT2D eigenvalue weighted by molar-refractivity contribution is 5.71. The van der Waals surface area contributed by atoms with Gasteiger partial charge in [-0.25, -0.2) is 4.79 Å². The number of rotatable bonds is 8. The van der Waals surface area contributed by atoms with Gasteiger partial charge in [0.2, 0.25) is 0 Å². The summed E-state index contributed by atoms with van der Waals surface area (Å²) >= 11 is 0. The first-order valence-corrected chi connectivity index (χ1v) is 4.37. The summed E-state index contributed by atoms with van der Waals surface area (Å²) in [5, 5.41) is 2.51. The van der Waals surface area contributed by atoms with Crippen molar-refractivity contribution in [3.05, 3.63) is 0 Å². The zero-order valence-electron chi connectivity index (χ0n) is 8.04. The van der Waals surface area contributed by atoms with Gasteiger partial charge in [0.05, 0.1) is 13.2 Å². The molecular formula is C8H18N2O3. The Kier molecular flexibility index (Phi) is 8.70. The van der Waals surface area contributed by atoms with Gasteiger partial charge in [-0.15, -0.1) is 0 Å². The van der Waals surface area contributed by atoms with E-state index in [4.69, 9.17) is 15.2 Å². The lowest BCUT2D eigenvalue weighted by Crippen LogP contribution is -2.30. The maximum atomic E-state index is 10.2. The zero-order valence-corrected chi connectivity index (χ0v) is 8.04. The van der Waals surface area contributed by atoms with Gasteiger partial charge < -0.3 is 20.5 Å². The van der Waals surface area contributed by atoms with Crippen molar-refractivity contribution < 1.29 is 14.3 Å². The molecule has 0 spiro atoms. The smallest absolute Gasteiger partial charge is 0.312 e. The number of hydrogen-bond donors (Lipinski definition) is 2. The van der Waals surface area contributed by atoms with Crippen LogP contribution in [-0.2, 0) is 9.47 Å². The van der Waals surface area contributed by atoms with Crippen LogP contribution in [0.1, 0.15) is 12.8 Å². The van der Waals surface area contributed by atoms with E-state index in [1.807, 2.05) is 0 Å². The molecule has 0 aromatic carbocycles. The van der Waals surface area contributed by atoms with Gasteiger partial charge in [-0.05, 0) is 12.8 Å². The van der Waals surface area contributed by atoms with Crippen LogP contribution in [0.15, 0.2) is 0 Å². The Hall–Kier alpha value is -0.810. The van der Waals surface area contributed by atoms with Crippen molar-refractivity contribution in [3.8, 4) is 0 Å². The van der Waals surface area contributed by atoms with Crippen molar-refractivity contribution >= 4 is 6.03 Å². The topological polar surface area (TPSA) is 73.6 Å². The quantitative estimate of drug-likeness (QED) is 0.533. The normalized spacial score (nSPS) is 9.92. The summed E-state index contributed by atoms with van der Waals surface area (Å²) in [6, 6.07) is -0.472. The molecule has 0 fully saturated rings. The van der Waals surface area contributed by atoms with Gasteiger partial charge in [-0.1, -0.05) is 0 Å². The molecular weight excluding hydrogens is 172 g/mol. The van der Waals surface area contributed by atoms with Crippen LogP contribution in [0.25, 0.3) is 0 Å². The number of carbonyl (C=O) groups is 1. The van der Waals surface area contributed by atoms with E-state index in [-0.39, 0.29) is 0 Å². The fourth-order valence-corrected chi connectivity index (χ4v) is 0.785. The largest absolute Gasteiger partial charge is 0.382 e. The average Bonchev–Trinajstić information content (AvgIpc) is 2.09. The molecule has 5 heteroatoms. The maximum Gasteiger partial charge on any atom is 0.312 e. The van der Waals surface area contributed by atoms with Gasteiger partial charge in [0.25, 0.3) is 0 Å². The Morgan fingerprint density at radius 1 is 1.31 bits per heavy atom. The molecule has 0 saturated carbocycles. The van der Waals surface area contributed by atoms with Crippen molar-refractivity contribution in [2.45, 2.75) is 12.8 Å². The molecule has 2 amide bonds. The molecule has 5 nitrogen and oxygen atoms in total. The first kappa shape index (κ1) is 12.2. The molecule has 0 bridgehead atoms. The minimum Gasteiger partial charge on any atom is -0.382 e. The fourth-order valence-electron chi connectivity index (χ4n) is 0.785. The summed E-state index contributed by atoms with van der Waals surface area (Å²) < 4.78 is 10.0. The molecule has 0 aliphatic rings. The maximum absolute atomic E-state index is 10.2. The SMILES string of the molecule is COCCOCCCCNC(N)=O. The molecule has 0 radical (unpaired) electrons. The molecule has 0 aromatic heterocycles. The van der Waals surface area contributed by atoms with Gasteiger partial charge in [-0.2, -0.15) is 0 Å². The predicted molar refractivity (Wildman–Crippen MR) is 49.5 cm³/mol. The number of ether oxygens (including phenoxy) is 2. The van der Waals surface area contributed by atoms with Crippen LogP contribution in [0, 0.1) is 0 Å². The van der Waals surface area contributed by atoms with E-state index in [1.54, 1.807) is 7.11 Å². The summed E-state index contributed by atoms with van der Waals surface area (Å²) in [6.07, 6.45) is 1.81. The second-order valence-electron chi connectivity index (χ2n) is 2.60. The molecule has 0 rings (SSSR count). The molecule has 0 aliphatic heterocycles. The molecule has 0 atom stereocenters. The first-order valence-electron chi connectivity index (χ1n) is 4.37. The Morgan fingerprint density at radius 3 is 2.69 bits per heavy atom. The minimum absolute atomic E-state index is 0.472. The highest BCUT2D eigenvalue weighted by atomic mass is 16.5. The van der Waals surface area contributed by atoms with Crippen LogP contribution in [0.3, 0.4) is 0 Å². The lowest BCUT2D eigenvalue weighted by molar-refractivity contribution is 0.0689. The second kappa shape index (κ2) is 9.28. The summed E-state index contributed by atoms with van der Waals surface area (Å²) in [5.74, 6) is 0. The third-order valence-electron chi connectivity index (χ3n) is 1.45. The Labute approximate surface area is 78.6 Å². The number of unbranched alkanes of at least 4 members (excludes halogenated alkanes) is 1. The van der Waals surface area contributed by atoms with Crippen LogP contribution < -0.4 is 11.1 Å². The molecule has 0 unspecified atom stereocenters. The van der Waals surface area contributed by atoms with E-state index in [1.165, 1.54) is 0 Å². The summed E-state index contributed by atoms with van der Waals surface area (Å²) in [7, 11) is 1.64. The number of amides is 2. The van der Waals surface area contributed by atoms with Crippen molar-refractivity contribution in [2.75, 3.05) is 33.5 Å². The van der Waals surface area contributed by atoms with Crippen molar-refractivity contribution in [2.24, 2.45) is 5.73 Å². The van der Waals surface area contributed by atoms with Crippen LogP contribution in [0.5, 0.6) is 0 Å². The average molecular weight is 190 g/mol. The molecule has 78 valence electrons. The lowest BCUT2D eigenvalue weighted by atomic mass is 10.3. The highest BCUT2D eigenvalue weighted by Gasteiger charge is 1.92. The Bertz CT molecular complexity index is 131. The van der Waals surface area contributed by atoms with Crippen LogP contribution >= 0.6 is 0 Å². The fraction of sp³-hybridized carbons (Fsp3) is 0.875. The number of carbonyl (C=O) groups excluding carboxylic acids is 1. The summed E-state index contributed by atoms with van der Waals surface area (Å²) in [5.41, 5.74) is 4.88. The highest BCUT2D eigenvalue weighted by Crippen LogP contribution is 1.88. The third kappa shape index (κ3) is 11.2. The van der Waals surface area contributed by atoms with Crippen LogP contribution in [0.4, 0.5) is 4.79 Å². The summed E-state index contributed by atoms with van der Waals surface area (Å²) in [4.78, 5) is 10.2. The number of urea groups is 1. The third-order valence-corrected chi connectivity index (χ3v) is 1.45. The number of nitrogens with one attached hydrogen (secondary N) is 1. The monoisotopic (exact) mass is 190 g/mol. The standard InChI is InChI=1S/C8H18N2O3/c1-12-6-7-13-5-3-2-4-10-8(9)11/h2-7H2,1H3,(H3,9,10,11). The van der Waals surface area contributed by atoms with Gasteiger partial charge in [-0.3, -0.25) is 0 Å². The molecule has 0 aliphatic carbocycles. The van der Waals surface area contributed by atoms with Crippen LogP contribution in [-0.4, -0.2) is 39.5 Å². The van der Waals surface area contributed by atoms with E-state index in [0.717, 1.165) is 12.8 Å². The molecule has 3 N–H and O–H groups in total. The van der Waals surface area contributed by atoms with E-state index < -0.39 is 6.03 Å². The molecule has 0 saturated heterocycles. The number of nitrogens with two attached hydrogens (primary N) is 1. The minimum atomic E-state index is -0.472. The first-order chi connectivity index (χ1) is 6.27. The van der Waals surface area contributed by atoms with Gasteiger partial charge in [0.15, 0.2) is 0 Å². The Balaban J connectivity index is 2.87. The van der Waals surface area contributed by atoms with Crippen molar-refractivity contribution in [3.63, 3.8) is 0 Å². The number of methoxy groups -OCH3 is 1. The van der Waals surface area contributed by atoms with Gasteiger partial charge in [0.1, 0.15) is 0 Å².